The standard InChI is InChI=1S/C26H26N4O2/c1-24(2,14-27)17-6-7-19(22(9-17)32-4)16-5-8-23(30-11-16)26(31,18-12-28-15-29-13-18)25(3)20-10-21(20)25/h5-9,11-13,15,20-21,31H,10H2,1-4H3. The molecule has 162 valence electrons. The summed E-state index contributed by atoms with van der Waals surface area (Å²) in [6.45, 7) is 5.90. The van der Waals surface area contributed by atoms with Crippen molar-refractivity contribution in [3.05, 3.63) is 72.1 Å². The van der Waals surface area contributed by atoms with Gasteiger partial charge in [-0.2, -0.15) is 5.26 Å². The molecule has 2 aromatic heterocycles. The van der Waals surface area contributed by atoms with Crippen LogP contribution in [0.2, 0.25) is 0 Å². The summed E-state index contributed by atoms with van der Waals surface area (Å²) in [5, 5.41) is 21.4. The molecule has 2 aliphatic rings. The van der Waals surface area contributed by atoms with Gasteiger partial charge in [0.2, 0.25) is 0 Å². The number of nitrogens with zero attached hydrogens (tertiary/aromatic N) is 4. The normalized spacial score (nSPS) is 25.2. The summed E-state index contributed by atoms with van der Waals surface area (Å²) in [6, 6.07) is 12.0. The van der Waals surface area contributed by atoms with Crippen LogP contribution in [0.3, 0.4) is 0 Å². The summed E-state index contributed by atoms with van der Waals surface area (Å²) in [5.74, 6) is 1.72. The Balaban J connectivity index is 1.54. The van der Waals surface area contributed by atoms with Crippen LogP contribution in [0.4, 0.5) is 0 Å². The first kappa shape index (κ1) is 20.6. The highest BCUT2D eigenvalue weighted by atomic mass is 16.5. The number of aliphatic hydroxyl groups is 1. The van der Waals surface area contributed by atoms with Crippen LogP contribution in [0.5, 0.6) is 5.75 Å². The zero-order chi connectivity index (χ0) is 22.7. The molecule has 2 heterocycles. The lowest BCUT2D eigenvalue weighted by Crippen LogP contribution is -2.41. The molecule has 3 atom stereocenters. The van der Waals surface area contributed by atoms with Crippen molar-refractivity contribution in [3.63, 3.8) is 0 Å². The lowest BCUT2D eigenvalue weighted by molar-refractivity contribution is -0.0231. The zero-order valence-electron chi connectivity index (χ0n) is 18.7. The van der Waals surface area contributed by atoms with E-state index in [0.29, 0.717) is 28.8 Å². The Bertz CT molecular complexity index is 1210. The predicted molar refractivity (Wildman–Crippen MR) is 120 cm³/mol. The minimum absolute atomic E-state index is 0.242. The molecule has 0 saturated heterocycles. The molecule has 2 fully saturated rings. The largest absolute Gasteiger partial charge is 0.496 e. The van der Waals surface area contributed by atoms with Crippen LogP contribution < -0.4 is 4.74 Å². The maximum atomic E-state index is 12.0. The first-order valence-electron chi connectivity index (χ1n) is 10.8. The van der Waals surface area contributed by atoms with Gasteiger partial charge >= 0.3 is 0 Å². The molecule has 0 amide bonds. The van der Waals surface area contributed by atoms with E-state index in [1.165, 1.54) is 6.33 Å². The average molecular weight is 427 g/mol. The fourth-order valence-electron chi connectivity index (χ4n) is 5.13. The third-order valence-electron chi connectivity index (χ3n) is 7.63. The molecule has 5 rings (SSSR count). The highest BCUT2D eigenvalue weighted by molar-refractivity contribution is 5.71. The SMILES string of the molecule is COc1cc(C(C)(C)C#N)ccc1-c1ccc(C(O)(c2cncnc2)C2(C)C3CC32)nc1. The molecule has 6 heteroatoms. The van der Waals surface area contributed by atoms with E-state index < -0.39 is 11.0 Å². The molecule has 1 aromatic carbocycles. The molecule has 3 unspecified atom stereocenters. The van der Waals surface area contributed by atoms with E-state index in [4.69, 9.17) is 9.72 Å². The maximum Gasteiger partial charge on any atom is 0.140 e. The first-order valence-corrected chi connectivity index (χ1v) is 10.8. The van der Waals surface area contributed by atoms with E-state index in [9.17, 15) is 10.4 Å². The summed E-state index contributed by atoms with van der Waals surface area (Å²) >= 11 is 0. The number of pyridine rings is 1. The topological polar surface area (TPSA) is 91.9 Å². The Morgan fingerprint density at radius 2 is 1.81 bits per heavy atom. The number of fused-ring (bicyclic) bond motifs is 1. The third kappa shape index (κ3) is 2.78. The van der Waals surface area contributed by atoms with Crippen molar-refractivity contribution in [1.29, 1.82) is 5.26 Å². The van der Waals surface area contributed by atoms with Crippen LogP contribution in [-0.4, -0.2) is 27.2 Å². The number of aromatic nitrogens is 3. The highest BCUT2D eigenvalue weighted by Crippen LogP contribution is 2.83. The van der Waals surface area contributed by atoms with Gasteiger partial charge in [-0.15, -0.1) is 0 Å². The first-order chi connectivity index (χ1) is 15.3. The molecule has 0 bridgehead atoms. The van der Waals surface area contributed by atoms with E-state index in [2.05, 4.69) is 23.0 Å². The van der Waals surface area contributed by atoms with E-state index in [-0.39, 0.29) is 5.41 Å². The quantitative estimate of drug-likeness (QED) is 0.634. The third-order valence-corrected chi connectivity index (χ3v) is 7.63. The minimum atomic E-state index is -1.23. The zero-order valence-corrected chi connectivity index (χ0v) is 18.7. The van der Waals surface area contributed by atoms with E-state index in [1.54, 1.807) is 25.7 Å². The smallest absolute Gasteiger partial charge is 0.140 e. The number of hydrogen-bond acceptors (Lipinski definition) is 6. The summed E-state index contributed by atoms with van der Waals surface area (Å²) < 4.78 is 5.63. The van der Waals surface area contributed by atoms with Crippen molar-refractivity contribution < 1.29 is 9.84 Å². The van der Waals surface area contributed by atoms with Gasteiger partial charge in [0.15, 0.2) is 0 Å². The molecular weight excluding hydrogens is 400 g/mol. The summed E-state index contributed by atoms with van der Waals surface area (Å²) in [4.78, 5) is 13.0. The minimum Gasteiger partial charge on any atom is -0.496 e. The van der Waals surface area contributed by atoms with Gasteiger partial charge in [0.25, 0.3) is 0 Å². The molecule has 0 aliphatic heterocycles. The molecule has 6 nitrogen and oxygen atoms in total. The van der Waals surface area contributed by atoms with Gasteiger partial charge in [0, 0.05) is 40.7 Å². The second-order valence-corrected chi connectivity index (χ2v) is 9.65. The van der Waals surface area contributed by atoms with Crippen LogP contribution in [-0.2, 0) is 11.0 Å². The van der Waals surface area contributed by atoms with Crippen molar-refractivity contribution in [1.82, 2.24) is 15.0 Å². The monoisotopic (exact) mass is 426 g/mol. The Morgan fingerprint density at radius 3 is 2.34 bits per heavy atom. The number of benzene rings is 1. The van der Waals surface area contributed by atoms with Gasteiger partial charge in [-0.05, 0) is 49.8 Å². The molecule has 2 saturated carbocycles. The van der Waals surface area contributed by atoms with Crippen LogP contribution in [0.15, 0.2) is 55.2 Å². The van der Waals surface area contributed by atoms with Crippen LogP contribution in [0.25, 0.3) is 11.1 Å². The molecular formula is C26H26N4O2. The Kier molecular flexibility index (Phi) is 4.41. The van der Waals surface area contributed by atoms with Gasteiger partial charge in [-0.25, -0.2) is 9.97 Å². The number of methoxy groups -OCH3 is 1. The van der Waals surface area contributed by atoms with Gasteiger partial charge < -0.3 is 9.84 Å². The molecule has 32 heavy (non-hydrogen) atoms. The van der Waals surface area contributed by atoms with Crippen LogP contribution in [0.1, 0.15) is 44.0 Å². The number of hydrogen-bond donors (Lipinski definition) is 1. The predicted octanol–water partition coefficient (Wildman–Crippen LogP) is 4.24. The van der Waals surface area contributed by atoms with E-state index in [0.717, 1.165) is 23.1 Å². The second-order valence-electron chi connectivity index (χ2n) is 9.65. The summed E-state index contributed by atoms with van der Waals surface area (Å²) in [6.07, 6.45) is 7.77. The number of rotatable bonds is 6. The van der Waals surface area contributed by atoms with Crippen LogP contribution in [0, 0.1) is 28.6 Å². The Morgan fingerprint density at radius 1 is 1.09 bits per heavy atom. The fraction of sp³-hybridized carbons (Fsp3) is 0.385. The van der Waals surface area contributed by atoms with Crippen molar-refractivity contribution in [2.45, 2.75) is 38.2 Å². The molecule has 2 aliphatic carbocycles. The van der Waals surface area contributed by atoms with Gasteiger partial charge in [0.1, 0.15) is 17.7 Å². The van der Waals surface area contributed by atoms with Gasteiger partial charge in [0.05, 0.1) is 24.3 Å². The van der Waals surface area contributed by atoms with Crippen molar-refractivity contribution in [2.24, 2.45) is 17.3 Å². The summed E-state index contributed by atoms with van der Waals surface area (Å²) in [5.41, 5.74) is 1.86. The van der Waals surface area contributed by atoms with Crippen molar-refractivity contribution in [2.75, 3.05) is 7.11 Å². The van der Waals surface area contributed by atoms with Crippen LogP contribution >= 0.6 is 0 Å². The van der Waals surface area contributed by atoms with E-state index >= 15 is 0 Å². The second kappa shape index (κ2) is 6.85. The Labute approximate surface area is 188 Å². The summed E-state index contributed by atoms with van der Waals surface area (Å²) in [7, 11) is 1.62. The Hall–Kier alpha value is -3.30. The maximum absolute atomic E-state index is 12.0. The van der Waals surface area contributed by atoms with Crippen molar-refractivity contribution >= 4 is 0 Å². The molecule has 1 N–H and O–H groups in total. The number of nitriles is 1. The van der Waals surface area contributed by atoms with Gasteiger partial charge in [-0.3, -0.25) is 4.98 Å². The fourth-order valence-corrected chi connectivity index (χ4v) is 5.13. The molecule has 3 aromatic rings. The lowest BCUT2D eigenvalue weighted by Gasteiger charge is -2.38. The highest BCUT2D eigenvalue weighted by Gasteiger charge is 2.81. The van der Waals surface area contributed by atoms with Gasteiger partial charge in [-0.1, -0.05) is 25.1 Å². The number of ether oxygens (including phenoxy) is 1. The molecule has 0 radical (unpaired) electrons. The van der Waals surface area contributed by atoms with E-state index in [1.807, 2.05) is 44.2 Å². The average Bonchev–Trinajstić information content (AvgIpc) is 3.75. The van der Waals surface area contributed by atoms with Crippen molar-refractivity contribution in [3.8, 4) is 22.9 Å². The molecule has 0 spiro atoms. The lowest BCUT2D eigenvalue weighted by atomic mass is 9.72.